The standard InChI is InChI=1S/C7H6BrF3N2/c8-1-3-2-13-7(12)4(5(3)9)6(10)11/h2,6H,1H2,(H2,12,13). The van der Waals surface area contributed by atoms with Crippen LogP contribution in [0.2, 0.25) is 0 Å². The summed E-state index contributed by atoms with van der Waals surface area (Å²) < 4.78 is 37.6. The first-order chi connectivity index (χ1) is 6.07. The molecule has 0 amide bonds. The lowest BCUT2D eigenvalue weighted by Crippen LogP contribution is -2.04. The summed E-state index contributed by atoms with van der Waals surface area (Å²) in [5.41, 5.74) is 4.35. The molecule has 13 heavy (non-hydrogen) atoms. The maximum Gasteiger partial charge on any atom is 0.270 e. The van der Waals surface area contributed by atoms with E-state index in [1.54, 1.807) is 0 Å². The minimum Gasteiger partial charge on any atom is -0.383 e. The van der Waals surface area contributed by atoms with Gasteiger partial charge in [0.25, 0.3) is 6.43 Å². The molecule has 1 heterocycles. The van der Waals surface area contributed by atoms with E-state index in [1.165, 1.54) is 0 Å². The average molecular weight is 255 g/mol. The Morgan fingerprint density at radius 3 is 2.62 bits per heavy atom. The number of alkyl halides is 3. The molecule has 0 radical (unpaired) electrons. The SMILES string of the molecule is Nc1ncc(CBr)c(F)c1C(F)F. The summed E-state index contributed by atoms with van der Waals surface area (Å²) >= 11 is 2.95. The fraction of sp³-hybridized carbons (Fsp3) is 0.286. The Morgan fingerprint density at radius 2 is 2.15 bits per heavy atom. The van der Waals surface area contributed by atoms with Gasteiger partial charge < -0.3 is 5.73 Å². The van der Waals surface area contributed by atoms with Gasteiger partial charge in [0.2, 0.25) is 0 Å². The van der Waals surface area contributed by atoms with E-state index in [2.05, 4.69) is 20.9 Å². The molecule has 6 heteroatoms. The number of nitrogens with zero attached hydrogens (tertiary/aromatic N) is 1. The van der Waals surface area contributed by atoms with Gasteiger partial charge in [0.1, 0.15) is 11.6 Å². The van der Waals surface area contributed by atoms with E-state index in [9.17, 15) is 13.2 Å². The van der Waals surface area contributed by atoms with Crippen molar-refractivity contribution in [2.45, 2.75) is 11.8 Å². The van der Waals surface area contributed by atoms with Crippen molar-refractivity contribution in [2.24, 2.45) is 0 Å². The Morgan fingerprint density at radius 1 is 1.54 bits per heavy atom. The van der Waals surface area contributed by atoms with E-state index >= 15 is 0 Å². The Bertz CT molecular complexity index is 317. The predicted octanol–water partition coefficient (Wildman–Crippen LogP) is 2.64. The molecule has 0 atom stereocenters. The molecule has 0 aliphatic rings. The summed E-state index contributed by atoms with van der Waals surface area (Å²) in [4.78, 5) is 3.46. The molecule has 0 saturated heterocycles. The van der Waals surface area contributed by atoms with Gasteiger partial charge in [0, 0.05) is 17.1 Å². The summed E-state index contributed by atoms with van der Waals surface area (Å²) in [6.07, 6.45) is -1.81. The maximum atomic E-state index is 13.2. The van der Waals surface area contributed by atoms with Crippen molar-refractivity contribution < 1.29 is 13.2 Å². The quantitative estimate of drug-likeness (QED) is 0.825. The summed E-state index contributed by atoms with van der Waals surface area (Å²) in [6.45, 7) is 0. The van der Waals surface area contributed by atoms with E-state index < -0.39 is 23.6 Å². The lowest BCUT2D eigenvalue weighted by atomic mass is 10.2. The summed E-state index contributed by atoms with van der Waals surface area (Å²) in [6, 6.07) is 0. The van der Waals surface area contributed by atoms with Crippen molar-refractivity contribution in [3.8, 4) is 0 Å². The van der Waals surface area contributed by atoms with Crippen LogP contribution in [0.15, 0.2) is 6.20 Å². The van der Waals surface area contributed by atoms with Gasteiger partial charge in [-0.3, -0.25) is 0 Å². The second-order valence-electron chi connectivity index (χ2n) is 2.33. The highest BCUT2D eigenvalue weighted by Crippen LogP contribution is 2.28. The molecule has 1 aromatic rings. The number of halogens is 4. The molecular weight excluding hydrogens is 249 g/mol. The molecule has 0 saturated carbocycles. The molecule has 0 aromatic carbocycles. The molecule has 1 rings (SSSR count). The zero-order valence-corrected chi connectivity index (χ0v) is 7.98. The monoisotopic (exact) mass is 254 g/mol. The molecule has 2 N–H and O–H groups in total. The fourth-order valence-electron chi connectivity index (χ4n) is 0.860. The van der Waals surface area contributed by atoms with Crippen molar-refractivity contribution in [1.29, 1.82) is 0 Å². The third kappa shape index (κ3) is 1.93. The number of pyridine rings is 1. The Balaban J connectivity index is 3.30. The average Bonchev–Trinajstić information content (AvgIpc) is 2.04. The van der Waals surface area contributed by atoms with E-state index in [1.807, 2.05) is 0 Å². The highest BCUT2D eigenvalue weighted by atomic mass is 79.9. The van der Waals surface area contributed by atoms with Crippen LogP contribution in [-0.2, 0) is 5.33 Å². The van der Waals surface area contributed by atoms with Crippen molar-refractivity contribution in [1.82, 2.24) is 4.98 Å². The minimum absolute atomic E-state index is 0.0736. The Kier molecular flexibility index (Phi) is 3.13. The first kappa shape index (κ1) is 10.3. The number of anilines is 1. The molecule has 0 bridgehead atoms. The third-order valence-corrected chi connectivity index (χ3v) is 2.12. The molecule has 2 nitrogen and oxygen atoms in total. The summed E-state index contributed by atoms with van der Waals surface area (Å²) in [5.74, 6) is -1.45. The van der Waals surface area contributed by atoms with Gasteiger partial charge in [-0.25, -0.2) is 18.2 Å². The first-order valence-corrected chi connectivity index (χ1v) is 4.47. The molecule has 1 aromatic heterocycles. The van der Waals surface area contributed by atoms with Gasteiger partial charge >= 0.3 is 0 Å². The number of hydrogen-bond donors (Lipinski definition) is 1. The highest BCUT2D eigenvalue weighted by Gasteiger charge is 2.20. The van der Waals surface area contributed by atoms with E-state index in [0.29, 0.717) is 0 Å². The van der Waals surface area contributed by atoms with Crippen LogP contribution in [0, 0.1) is 5.82 Å². The number of aromatic nitrogens is 1. The van der Waals surface area contributed by atoms with Gasteiger partial charge in [-0.15, -0.1) is 0 Å². The third-order valence-electron chi connectivity index (χ3n) is 1.52. The van der Waals surface area contributed by atoms with Gasteiger partial charge in [-0.1, -0.05) is 15.9 Å². The van der Waals surface area contributed by atoms with Crippen LogP contribution in [-0.4, -0.2) is 4.98 Å². The zero-order chi connectivity index (χ0) is 10.0. The number of hydrogen-bond acceptors (Lipinski definition) is 2. The lowest BCUT2D eigenvalue weighted by Gasteiger charge is -2.07. The molecule has 0 aliphatic heterocycles. The van der Waals surface area contributed by atoms with Crippen molar-refractivity contribution >= 4 is 21.7 Å². The van der Waals surface area contributed by atoms with Crippen LogP contribution in [0.25, 0.3) is 0 Å². The van der Waals surface area contributed by atoms with Crippen LogP contribution in [0.4, 0.5) is 19.0 Å². The van der Waals surface area contributed by atoms with Crippen LogP contribution in [0.3, 0.4) is 0 Å². The zero-order valence-electron chi connectivity index (χ0n) is 6.40. The molecule has 0 unspecified atom stereocenters. The second kappa shape index (κ2) is 3.95. The highest BCUT2D eigenvalue weighted by molar-refractivity contribution is 9.08. The van der Waals surface area contributed by atoms with Crippen LogP contribution >= 0.6 is 15.9 Å². The Labute approximate surface area is 81.1 Å². The topological polar surface area (TPSA) is 38.9 Å². The van der Waals surface area contributed by atoms with Gasteiger partial charge in [0.05, 0.1) is 5.56 Å². The van der Waals surface area contributed by atoms with Gasteiger partial charge in [-0.05, 0) is 0 Å². The minimum atomic E-state index is -2.94. The normalized spacial score (nSPS) is 10.8. The van der Waals surface area contributed by atoms with E-state index in [4.69, 9.17) is 5.73 Å². The summed E-state index contributed by atoms with van der Waals surface area (Å²) in [7, 11) is 0. The first-order valence-electron chi connectivity index (χ1n) is 3.34. The number of rotatable bonds is 2. The Hall–Kier alpha value is -0.780. The van der Waals surface area contributed by atoms with Crippen LogP contribution < -0.4 is 5.73 Å². The van der Waals surface area contributed by atoms with E-state index in [0.717, 1.165) is 6.20 Å². The molecule has 0 aliphatic carbocycles. The van der Waals surface area contributed by atoms with Gasteiger partial charge in [-0.2, -0.15) is 0 Å². The second-order valence-corrected chi connectivity index (χ2v) is 2.89. The molecular formula is C7H6BrF3N2. The fourth-order valence-corrected chi connectivity index (χ4v) is 1.25. The largest absolute Gasteiger partial charge is 0.383 e. The van der Waals surface area contributed by atoms with Crippen LogP contribution in [0.1, 0.15) is 17.6 Å². The maximum absolute atomic E-state index is 13.2. The van der Waals surface area contributed by atoms with Crippen molar-refractivity contribution in [2.75, 3.05) is 5.73 Å². The number of nitrogen functional groups attached to an aromatic ring is 1. The van der Waals surface area contributed by atoms with E-state index in [-0.39, 0.29) is 10.9 Å². The summed E-state index contributed by atoms with van der Waals surface area (Å²) in [5, 5.41) is 0.131. The predicted molar refractivity (Wildman–Crippen MR) is 46.2 cm³/mol. The lowest BCUT2D eigenvalue weighted by molar-refractivity contribution is 0.146. The molecule has 0 spiro atoms. The van der Waals surface area contributed by atoms with Crippen molar-refractivity contribution in [3.05, 3.63) is 23.1 Å². The van der Waals surface area contributed by atoms with Crippen molar-refractivity contribution in [3.63, 3.8) is 0 Å². The molecule has 0 fully saturated rings. The van der Waals surface area contributed by atoms with Gasteiger partial charge in [0.15, 0.2) is 0 Å². The molecule has 72 valence electrons. The smallest absolute Gasteiger partial charge is 0.270 e. The number of nitrogens with two attached hydrogens (primary N) is 1. The van der Waals surface area contributed by atoms with Crippen LogP contribution in [0.5, 0.6) is 0 Å².